The van der Waals surface area contributed by atoms with Crippen LogP contribution in [0.3, 0.4) is 0 Å². The van der Waals surface area contributed by atoms with Gasteiger partial charge in [0, 0.05) is 6.54 Å². The highest BCUT2D eigenvalue weighted by molar-refractivity contribution is 7.91. The molecule has 0 aromatic heterocycles. The molecule has 1 aromatic rings. The average molecular weight is 270 g/mol. The van der Waals surface area contributed by atoms with Crippen LogP contribution in [-0.4, -0.2) is 33.2 Å². The summed E-state index contributed by atoms with van der Waals surface area (Å²) in [6.07, 6.45) is 0.661. The van der Waals surface area contributed by atoms with Crippen molar-refractivity contribution in [1.82, 2.24) is 5.32 Å². The fraction of sp³-hybridized carbons (Fsp3) is 0.417. The van der Waals surface area contributed by atoms with E-state index >= 15 is 0 Å². The Labute approximate surface area is 107 Å². The summed E-state index contributed by atoms with van der Waals surface area (Å²) in [4.78, 5) is 12.0. The fourth-order valence-electron chi connectivity index (χ4n) is 1.48. The van der Waals surface area contributed by atoms with Crippen molar-refractivity contribution in [3.8, 4) is 0 Å². The lowest BCUT2D eigenvalue weighted by Crippen LogP contribution is -2.27. The van der Waals surface area contributed by atoms with Gasteiger partial charge < -0.3 is 11.1 Å². The van der Waals surface area contributed by atoms with Gasteiger partial charge in [-0.15, -0.1) is 0 Å². The molecule has 100 valence electrons. The molecule has 0 saturated carbocycles. The normalized spacial score (nSPS) is 11.2. The van der Waals surface area contributed by atoms with E-state index < -0.39 is 9.84 Å². The summed E-state index contributed by atoms with van der Waals surface area (Å²) in [6, 6.07) is 6.22. The van der Waals surface area contributed by atoms with E-state index in [-0.39, 0.29) is 22.1 Å². The summed E-state index contributed by atoms with van der Waals surface area (Å²) in [5, 5.41) is 2.65. The summed E-state index contributed by atoms with van der Waals surface area (Å²) in [7, 11) is -3.39. The van der Waals surface area contributed by atoms with Crippen LogP contribution in [0.15, 0.2) is 29.2 Å². The van der Waals surface area contributed by atoms with Crippen molar-refractivity contribution in [2.75, 3.05) is 18.8 Å². The van der Waals surface area contributed by atoms with E-state index in [4.69, 9.17) is 5.73 Å². The van der Waals surface area contributed by atoms with E-state index in [0.29, 0.717) is 19.5 Å². The summed E-state index contributed by atoms with van der Waals surface area (Å²) < 4.78 is 23.7. The summed E-state index contributed by atoms with van der Waals surface area (Å²) >= 11 is 0. The van der Waals surface area contributed by atoms with E-state index in [0.717, 1.165) is 0 Å². The highest BCUT2D eigenvalue weighted by atomic mass is 32.2. The lowest BCUT2D eigenvalue weighted by molar-refractivity contribution is 0.0950. The van der Waals surface area contributed by atoms with Gasteiger partial charge in [0.1, 0.15) is 0 Å². The number of rotatable bonds is 6. The lowest BCUT2D eigenvalue weighted by Gasteiger charge is -2.09. The van der Waals surface area contributed by atoms with Gasteiger partial charge in [0.15, 0.2) is 9.84 Å². The number of nitrogens with one attached hydrogen (secondary N) is 1. The smallest absolute Gasteiger partial charge is 0.252 e. The second-order valence-electron chi connectivity index (χ2n) is 3.80. The monoisotopic (exact) mass is 270 g/mol. The van der Waals surface area contributed by atoms with E-state index in [1.54, 1.807) is 19.1 Å². The minimum atomic E-state index is -3.39. The number of hydrogen-bond donors (Lipinski definition) is 2. The van der Waals surface area contributed by atoms with Gasteiger partial charge in [-0.3, -0.25) is 4.79 Å². The third-order valence-electron chi connectivity index (χ3n) is 2.51. The Morgan fingerprint density at radius 3 is 2.61 bits per heavy atom. The molecule has 0 aliphatic rings. The third kappa shape index (κ3) is 3.54. The van der Waals surface area contributed by atoms with Crippen LogP contribution in [0.4, 0.5) is 0 Å². The van der Waals surface area contributed by atoms with Crippen LogP contribution in [0.25, 0.3) is 0 Å². The zero-order valence-electron chi connectivity index (χ0n) is 10.3. The number of carbonyl (C=O) groups excluding carboxylic acids is 1. The molecule has 1 aromatic carbocycles. The molecule has 1 amide bonds. The van der Waals surface area contributed by atoms with Crippen molar-refractivity contribution in [1.29, 1.82) is 0 Å². The Kier molecular flexibility index (Phi) is 5.30. The number of sulfone groups is 1. The maximum Gasteiger partial charge on any atom is 0.252 e. The first-order chi connectivity index (χ1) is 8.53. The van der Waals surface area contributed by atoms with Gasteiger partial charge in [0.05, 0.1) is 16.2 Å². The predicted octanol–water partition coefficient (Wildman–Crippen LogP) is 0.559. The number of nitrogens with two attached hydrogens (primary N) is 1. The molecule has 0 unspecified atom stereocenters. The summed E-state index contributed by atoms with van der Waals surface area (Å²) in [5.74, 6) is -0.406. The largest absolute Gasteiger partial charge is 0.352 e. The van der Waals surface area contributed by atoms with Crippen molar-refractivity contribution in [3.05, 3.63) is 29.8 Å². The molecule has 0 bridgehead atoms. The van der Waals surface area contributed by atoms with Gasteiger partial charge >= 0.3 is 0 Å². The van der Waals surface area contributed by atoms with Crippen LogP contribution in [-0.2, 0) is 9.84 Å². The van der Waals surface area contributed by atoms with Crippen molar-refractivity contribution in [2.24, 2.45) is 5.73 Å². The second-order valence-corrected chi connectivity index (χ2v) is 6.04. The second kappa shape index (κ2) is 6.51. The molecule has 0 radical (unpaired) electrons. The number of carbonyl (C=O) groups is 1. The van der Waals surface area contributed by atoms with E-state index in [9.17, 15) is 13.2 Å². The van der Waals surface area contributed by atoms with E-state index in [1.807, 2.05) is 0 Å². The highest BCUT2D eigenvalue weighted by Gasteiger charge is 2.19. The Hall–Kier alpha value is -1.40. The minimum Gasteiger partial charge on any atom is -0.352 e. The molecule has 3 N–H and O–H groups in total. The molecule has 1 rings (SSSR count). The molecule has 0 heterocycles. The van der Waals surface area contributed by atoms with Crippen LogP contribution in [0.1, 0.15) is 23.7 Å². The Morgan fingerprint density at radius 1 is 1.33 bits per heavy atom. The molecule has 18 heavy (non-hydrogen) atoms. The highest BCUT2D eigenvalue weighted by Crippen LogP contribution is 2.16. The number of benzene rings is 1. The van der Waals surface area contributed by atoms with Gasteiger partial charge in [-0.05, 0) is 25.1 Å². The third-order valence-corrected chi connectivity index (χ3v) is 4.30. The molecule has 0 spiro atoms. The first-order valence-electron chi connectivity index (χ1n) is 5.83. The zero-order chi connectivity index (χ0) is 13.6. The maximum absolute atomic E-state index is 11.9. The molecule has 5 nitrogen and oxygen atoms in total. The van der Waals surface area contributed by atoms with Gasteiger partial charge in [0.25, 0.3) is 5.91 Å². The molecular formula is C12H18N2O3S. The topological polar surface area (TPSA) is 89.3 Å². The van der Waals surface area contributed by atoms with Crippen molar-refractivity contribution < 1.29 is 13.2 Å². The molecule has 0 aliphatic carbocycles. The molecule has 0 saturated heterocycles. The average Bonchev–Trinajstić information content (AvgIpc) is 2.39. The van der Waals surface area contributed by atoms with Gasteiger partial charge in [0.2, 0.25) is 0 Å². The summed E-state index contributed by atoms with van der Waals surface area (Å²) in [6.45, 7) is 2.48. The van der Waals surface area contributed by atoms with Crippen LogP contribution < -0.4 is 11.1 Å². The van der Waals surface area contributed by atoms with Gasteiger partial charge in [-0.1, -0.05) is 19.1 Å². The van der Waals surface area contributed by atoms with Crippen molar-refractivity contribution in [2.45, 2.75) is 18.2 Å². The fourth-order valence-corrected chi connectivity index (χ4v) is 2.57. The minimum absolute atomic E-state index is 0.0277. The predicted molar refractivity (Wildman–Crippen MR) is 70.2 cm³/mol. The van der Waals surface area contributed by atoms with Crippen LogP contribution in [0, 0.1) is 0 Å². The van der Waals surface area contributed by atoms with Crippen molar-refractivity contribution >= 4 is 15.7 Å². The number of hydrogen-bond acceptors (Lipinski definition) is 4. The number of amides is 1. The molecular weight excluding hydrogens is 252 g/mol. The lowest BCUT2D eigenvalue weighted by atomic mass is 10.2. The van der Waals surface area contributed by atoms with Gasteiger partial charge in [-0.25, -0.2) is 8.42 Å². The van der Waals surface area contributed by atoms with Crippen LogP contribution in [0.2, 0.25) is 0 Å². The molecule has 0 aliphatic heterocycles. The zero-order valence-corrected chi connectivity index (χ0v) is 11.2. The van der Waals surface area contributed by atoms with Crippen LogP contribution in [0.5, 0.6) is 0 Å². The molecule has 6 heteroatoms. The Morgan fingerprint density at radius 2 is 2.00 bits per heavy atom. The van der Waals surface area contributed by atoms with Gasteiger partial charge in [-0.2, -0.15) is 0 Å². The molecule has 0 atom stereocenters. The Balaban J connectivity index is 2.99. The maximum atomic E-state index is 11.9. The van der Waals surface area contributed by atoms with Crippen LogP contribution >= 0.6 is 0 Å². The first-order valence-corrected chi connectivity index (χ1v) is 7.48. The standard InChI is InChI=1S/C12H18N2O3S/c1-2-18(16,17)11-7-4-3-6-10(11)12(15)14-9-5-8-13/h3-4,6-7H,2,5,8-9,13H2,1H3,(H,14,15). The van der Waals surface area contributed by atoms with E-state index in [1.165, 1.54) is 12.1 Å². The Bertz CT molecular complexity index is 512. The SMILES string of the molecule is CCS(=O)(=O)c1ccccc1C(=O)NCCCN. The quantitative estimate of drug-likeness (QED) is 0.739. The first kappa shape index (κ1) is 14.7. The molecule has 0 fully saturated rings. The van der Waals surface area contributed by atoms with E-state index in [2.05, 4.69) is 5.32 Å². The summed E-state index contributed by atoms with van der Waals surface area (Å²) in [5.41, 5.74) is 5.52. The van der Waals surface area contributed by atoms with Crippen molar-refractivity contribution in [3.63, 3.8) is 0 Å².